The molecule has 1 amide bonds. The lowest BCUT2D eigenvalue weighted by Crippen LogP contribution is -2.32. The maximum absolute atomic E-state index is 12.5. The van der Waals surface area contributed by atoms with Crippen LogP contribution in [-0.2, 0) is 11.2 Å². The first-order valence-electron chi connectivity index (χ1n) is 8.70. The number of carbonyl (C=O) groups excluding carboxylic acids is 1. The van der Waals surface area contributed by atoms with Gasteiger partial charge in [-0.3, -0.25) is 9.78 Å². The first-order chi connectivity index (χ1) is 12.7. The third-order valence-electron chi connectivity index (χ3n) is 4.17. The lowest BCUT2D eigenvalue weighted by Gasteiger charge is -2.17. The van der Waals surface area contributed by atoms with E-state index in [-0.39, 0.29) is 12.0 Å². The van der Waals surface area contributed by atoms with Crippen molar-refractivity contribution in [3.8, 4) is 17.5 Å². The van der Waals surface area contributed by atoms with Crippen LogP contribution in [0.2, 0.25) is 0 Å². The average molecular weight is 357 g/mol. The minimum absolute atomic E-state index is 0.0827. The van der Waals surface area contributed by atoms with Crippen molar-refractivity contribution in [3.63, 3.8) is 0 Å². The fourth-order valence-electron chi connectivity index (χ4n) is 2.86. The number of carbonyl (C=O) groups is 1. The Labute approximate surface area is 152 Å². The number of likely N-dealkylation sites (tertiary alicyclic amines) is 1. The SMILES string of the molecule is CCOc1ccc(CC(=O)N2CCC(Oc3cncc(OC)n3)C2)cc1. The summed E-state index contributed by atoms with van der Waals surface area (Å²) in [6.07, 6.45) is 4.13. The van der Waals surface area contributed by atoms with Crippen molar-refractivity contribution < 1.29 is 19.0 Å². The monoisotopic (exact) mass is 357 g/mol. The van der Waals surface area contributed by atoms with Crippen LogP contribution >= 0.6 is 0 Å². The summed E-state index contributed by atoms with van der Waals surface area (Å²) in [4.78, 5) is 22.6. The number of aromatic nitrogens is 2. The van der Waals surface area contributed by atoms with Gasteiger partial charge in [-0.15, -0.1) is 0 Å². The Bertz CT molecular complexity index is 736. The van der Waals surface area contributed by atoms with E-state index in [1.165, 1.54) is 13.3 Å². The topological polar surface area (TPSA) is 73.8 Å². The number of hydrogen-bond donors (Lipinski definition) is 0. The molecule has 3 rings (SSSR count). The highest BCUT2D eigenvalue weighted by Crippen LogP contribution is 2.19. The highest BCUT2D eigenvalue weighted by atomic mass is 16.5. The Morgan fingerprint density at radius 3 is 2.73 bits per heavy atom. The Balaban J connectivity index is 1.51. The number of rotatable bonds is 7. The van der Waals surface area contributed by atoms with Gasteiger partial charge in [0.15, 0.2) is 0 Å². The van der Waals surface area contributed by atoms with Gasteiger partial charge in [-0.1, -0.05) is 12.1 Å². The van der Waals surface area contributed by atoms with Crippen molar-refractivity contribution in [2.24, 2.45) is 0 Å². The first kappa shape index (κ1) is 18.0. The summed E-state index contributed by atoms with van der Waals surface area (Å²) in [6.45, 7) is 3.80. The molecule has 0 radical (unpaired) electrons. The molecule has 26 heavy (non-hydrogen) atoms. The Morgan fingerprint density at radius 2 is 2.00 bits per heavy atom. The van der Waals surface area contributed by atoms with Crippen LogP contribution in [0.4, 0.5) is 0 Å². The molecule has 1 aromatic heterocycles. The van der Waals surface area contributed by atoms with Gasteiger partial charge in [-0.2, -0.15) is 4.98 Å². The van der Waals surface area contributed by atoms with Gasteiger partial charge in [-0.05, 0) is 24.6 Å². The zero-order chi connectivity index (χ0) is 18.4. The van der Waals surface area contributed by atoms with Gasteiger partial charge in [0.1, 0.15) is 11.9 Å². The van der Waals surface area contributed by atoms with E-state index in [2.05, 4.69) is 9.97 Å². The van der Waals surface area contributed by atoms with Crippen molar-refractivity contribution in [1.29, 1.82) is 0 Å². The quantitative estimate of drug-likeness (QED) is 0.756. The molecule has 0 aliphatic carbocycles. The molecule has 0 saturated carbocycles. The standard InChI is InChI=1S/C19H23N3O4/c1-3-25-15-6-4-14(5-7-15)10-19(23)22-9-8-16(13-22)26-18-12-20-11-17(21-18)24-2/h4-7,11-12,16H,3,8-10,13H2,1-2H3. The molecule has 0 spiro atoms. The number of ether oxygens (including phenoxy) is 3. The van der Waals surface area contributed by atoms with Crippen molar-refractivity contribution in [2.75, 3.05) is 26.8 Å². The van der Waals surface area contributed by atoms with Crippen molar-refractivity contribution >= 4 is 5.91 Å². The Hall–Kier alpha value is -2.83. The van der Waals surface area contributed by atoms with Crippen LogP contribution in [0.3, 0.4) is 0 Å². The molecule has 138 valence electrons. The number of methoxy groups -OCH3 is 1. The van der Waals surface area contributed by atoms with Crippen LogP contribution in [-0.4, -0.2) is 53.7 Å². The van der Waals surface area contributed by atoms with Gasteiger partial charge in [0.2, 0.25) is 17.7 Å². The molecule has 0 bridgehead atoms. The van der Waals surface area contributed by atoms with Crippen molar-refractivity contribution in [1.82, 2.24) is 14.9 Å². The van der Waals surface area contributed by atoms with Crippen LogP contribution in [0.15, 0.2) is 36.7 Å². The maximum atomic E-state index is 12.5. The molecular formula is C19H23N3O4. The van der Waals surface area contributed by atoms with E-state index in [0.29, 0.717) is 37.9 Å². The fourth-order valence-corrected chi connectivity index (χ4v) is 2.86. The lowest BCUT2D eigenvalue weighted by atomic mass is 10.1. The highest BCUT2D eigenvalue weighted by molar-refractivity contribution is 5.79. The lowest BCUT2D eigenvalue weighted by molar-refractivity contribution is -0.129. The molecule has 0 N–H and O–H groups in total. The van der Waals surface area contributed by atoms with E-state index in [4.69, 9.17) is 14.2 Å². The largest absolute Gasteiger partial charge is 0.494 e. The maximum Gasteiger partial charge on any atom is 0.235 e. The van der Waals surface area contributed by atoms with Crippen LogP contribution in [0.5, 0.6) is 17.5 Å². The van der Waals surface area contributed by atoms with Gasteiger partial charge in [0, 0.05) is 13.0 Å². The molecule has 2 heterocycles. The third-order valence-corrected chi connectivity index (χ3v) is 4.17. The van der Waals surface area contributed by atoms with E-state index in [9.17, 15) is 4.79 Å². The molecule has 1 saturated heterocycles. The summed E-state index contributed by atoms with van der Waals surface area (Å²) < 4.78 is 16.3. The predicted molar refractivity (Wildman–Crippen MR) is 95.5 cm³/mol. The second-order valence-electron chi connectivity index (χ2n) is 6.02. The zero-order valence-electron chi connectivity index (χ0n) is 15.1. The smallest absolute Gasteiger partial charge is 0.235 e. The second kappa shape index (κ2) is 8.51. The van der Waals surface area contributed by atoms with Gasteiger partial charge in [0.05, 0.1) is 39.1 Å². The zero-order valence-corrected chi connectivity index (χ0v) is 15.1. The molecule has 1 aliphatic rings. The second-order valence-corrected chi connectivity index (χ2v) is 6.02. The van der Waals surface area contributed by atoms with E-state index < -0.39 is 0 Å². The summed E-state index contributed by atoms with van der Waals surface area (Å²) >= 11 is 0. The molecular weight excluding hydrogens is 334 g/mol. The molecule has 7 nitrogen and oxygen atoms in total. The third kappa shape index (κ3) is 4.62. The molecule has 1 aromatic carbocycles. The minimum Gasteiger partial charge on any atom is -0.494 e. The van der Waals surface area contributed by atoms with Crippen molar-refractivity contribution in [3.05, 3.63) is 42.2 Å². The van der Waals surface area contributed by atoms with E-state index in [1.54, 1.807) is 6.20 Å². The van der Waals surface area contributed by atoms with Crippen molar-refractivity contribution in [2.45, 2.75) is 25.9 Å². The van der Waals surface area contributed by atoms with Crippen LogP contribution < -0.4 is 14.2 Å². The summed E-state index contributed by atoms with van der Waals surface area (Å²) in [5, 5.41) is 0. The molecule has 1 aliphatic heterocycles. The van der Waals surface area contributed by atoms with Gasteiger partial charge < -0.3 is 19.1 Å². The number of nitrogens with zero attached hydrogens (tertiary/aromatic N) is 3. The summed E-state index contributed by atoms with van der Waals surface area (Å²) in [5.41, 5.74) is 0.974. The molecule has 1 fully saturated rings. The van der Waals surface area contributed by atoms with Crippen LogP contribution in [0, 0.1) is 0 Å². The Morgan fingerprint density at radius 1 is 1.23 bits per heavy atom. The van der Waals surface area contributed by atoms with Crippen LogP contribution in [0.25, 0.3) is 0 Å². The first-order valence-corrected chi connectivity index (χ1v) is 8.70. The number of amides is 1. The summed E-state index contributed by atoms with van der Waals surface area (Å²) in [7, 11) is 1.53. The van der Waals surface area contributed by atoms with E-state index >= 15 is 0 Å². The molecule has 1 unspecified atom stereocenters. The van der Waals surface area contributed by atoms with Gasteiger partial charge >= 0.3 is 0 Å². The van der Waals surface area contributed by atoms with Crippen LogP contribution in [0.1, 0.15) is 18.9 Å². The highest BCUT2D eigenvalue weighted by Gasteiger charge is 2.28. The summed E-state index contributed by atoms with van der Waals surface area (Å²) in [6, 6.07) is 7.64. The minimum atomic E-state index is -0.0827. The van der Waals surface area contributed by atoms with E-state index in [0.717, 1.165) is 17.7 Å². The number of hydrogen-bond acceptors (Lipinski definition) is 6. The Kier molecular flexibility index (Phi) is 5.88. The summed E-state index contributed by atoms with van der Waals surface area (Å²) in [5.74, 6) is 1.73. The van der Waals surface area contributed by atoms with E-state index in [1.807, 2.05) is 36.1 Å². The number of benzene rings is 1. The molecule has 2 aromatic rings. The molecule has 7 heteroatoms. The normalized spacial score (nSPS) is 16.4. The average Bonchev–Trinajstić information content (AvgIpc) is 3.12. The fraction of sp³-hybridized carbons (Fsp3) is 0.421. The molecule has 1 atom stereocenters. The van der Waals surface area contributed by atoms with Gasteiger partial charge in [0.25, 0.3) is 0 Å². The predicted octanol–water partition coefficient (Wildman–Crippen LogP) is 2.11. The van der Waals surface area contributed by atoms with Gasteiger partial charge in [-0.25, -0.2) is 0 Å².